The summed E-state index contributed by atoms with van der Waals surface area (Å²) in [7, 11) is 0. The Labute approximate surface area is 165 Å². The van der Waals surface area contributed by atoms with Crippen molar-refractivity contribution >= 4 is 0 Å². The molecule has 1 atom stereocenters. The van der Waals surface area contributed by atoms with Crippen molar-refractivity contribution in [2.24, 2.45) is 0 Å². The molecular weight excluding hydrogens is 330 g/mol. The first-order valence-corrected chi connectivity index (χ1v) is 10.2. The van der Waals surface area contributed by atoms with E-state index in [-0.39, 0.29) is 16.9 Å². The van der Waals surface area contributed by atoms with Crippen LogP contribution in [0, 0.1) is 0 Å². The van der Waals surface area contributed by atoms with Crippen molar-refractivity contribution in [3.63, 3.8) is 0 Å². The third kappa shape index (κ3) is 3.97. The summed E-state index contributed by atoms with van der Waals surface area (Å²) in [4.78, 5) is 0. The zero-order valence-corrected chi connectivity index (χ0v) is 17.8. The van der Waals surface area contributed by atoms with Crippen LogP contribution in [0.4, 0.5) is 0 Å². The molecule has 27 heavy (non-hydrogen) atoms. The summed E-state index contributed by atoms with van der Waals surface area (Å²) in [5.41, 5.74) is 3.72. The molecular formula is C25H35NO. The predicted molar refractivity (Wildman–Crippen MR) is 114 cm³/mol. The Kier molecular flexibility index (Phi) is 5.26. The highest BCUT2D eigenvalue weighted by Crippen LogP contribution is 2.38. The second-order valence-electron chi connectivity index (χ2n) is 10.1. The first-order chi connectivity index (χ1) is 12.5. The van der Waals surface area contributed by atoms with Crippen molar-refractivity contribution in [2.75, 3.05) is 6.54 Å². The topological polar surface area (TPSA) is 32.3 Å². The van der Waals surface area contributed by atoms with Crippen LogP contribution in [0.2, 0.25) is 0 Å². The molecule has 0 aliphatic carbocycles. The standard InChI is InChI=1S/C25H35NO/c1-23(2,3)18-9-13-20(14-10-18)25(27,22-8-7-17-26-22)21-15-11-19(12-16-21)24(4,5)6/h9-16,22,26-27H,7-8,17H2,1-6H3/t22-/m0/s1. The van der Waals surface area contributed by atoms with Crippen LogP contribution in [0.25, 0.3) is 0 Å². The fraction of sp³-hybridized carbons (Fsp3) is 0.520. The van der Waals surface area contributed by atoms with Gasteiger partial charge in [-0.3, -0.25) is 0 Å². The van der Waals surface area contributed by atoms with Crippen molar-refractivity contribution in [2.45, 2.75) is 76.9 Å². The molecule has 0 radical (unpaired) electrons. The Hall–Kier alpha value is -1.64. The van der Waals surface area contributed by atoms with E-state index < -0.39 is 5.60 Å². The maximum atomic E-state index is 12.0. The van der Waals surface area contributed by atoms with Gasteiger partial charge in [-0.05, 0) is 52.5 Å². The largest absolute Gasteiger partial charge is 0.379 e. The summed E-state index contributed by atoms with van der Waals surface area (Å²) in [5, 5.41) is 15.5. The van der Waals surface area contributed by atoms with Gasteiger partial charge >= 0.3 is 0 Å². The Morgan fingerprint density at radius 1 is 0.704 bits per heavy atom. The number of rotatable bonds is 3. The van der Waals surface area contributed by atoms with E-state index in [9.17, 15) is 5.11 Å². The fourth-order valence-corrected chi connectivity index (χ4v) is 4.06. The van der Waals surface area contributed by atoms with E-state index in [1.807, 2.05) is 0 Å². The van der Waals surface area contributed by atoms with Gasteiger partial charge in [-0.2, -0.15) is 0 Å². The molecule has 0 saturated carbocycles. The molecule has 1 aliphatic rings. The molecule has 0 bridgehead atoms. The Balaban J connectivity index is 2.05. The van der Waals surface area contributed by atoms with Gasteiger partial charge in [-0.25, -0.2) is 0 Å². The number of hydrogen-bond donors (Lipinski definition) is 2. The number of hydrogen-bond acceptors (Lipinski definition) is 2. The molecule has 2 nitrogen and oxygen atoms in total. The molecule has 1 aliphatic heterocycles. The van der Waals surface area contributed by atoms with Crippen molar-refractivity contribution < 1.29 is 5.11 Å². The van der Waals surface area contributed by atoms with Crippen LogP contribution in [0.5, 0.6) is 0 Å². The van der Waals surface area contributed by atoms with Crippen molar-refractivity contribution in [1.82, 2.24) is 5.32 Å². The quantitative estimate of drug-likeness (QED) is 0.776. The van der Waals surface area contributed by atoms with E-state index in [1.54, 1.807) is 0 Å². The molecule has 1 fully saturated rings. The van der Waals surface area contributed by atoms with Gasteiger partial charge in [0, 0.05) is 6.04 Å². The van der Waals surface area contributed by atoms with E-state index in [4.69, 9.17) is 0 Å². The zero-order chi connectivity index (χ0) is 19.9. The second kappa shape index (κ2) is 7.07. The summed E-state index contributed by atoms with van der Waals surface area (Å²) in [5.74, 6) is 0. The Morgan fingerprint density at radius 2 is 1.07 bits per heavy atom. The first kappa shape index (κ1) is 20.1. The van der Waals surface area contributed by atoms with Crippen LogP contribution in [0.1, 0.15) is 76.6 Å². The molecule has 0 unspecified atom stereocenters. The molecule has 2 heteroatoms. The lowest BCUT2D eigenvalue weighted by Gasteiger charge is -2.36. The minimum atomic E-state index is -1.01. The molecule has 0 amide bonds. The predicted octanol–water partition coefficient (Wildman–Crippen LogP) is 5.27. The SMILES string of the molecule is CC(C)(C)c1ccc(C(O)(c2ccc(C(C)(C)C)cc2)[C@@H]2CCCN2)cc1. The maximum absolute atomic E-state index is 12.0. The van der Waals surface area contributed by atoms with Gasteiger partial charge in [-0.15, -0.1) is 0 Å². The van der Waals surface area contributed by atoms with Crippen molar-refractivity contribution in [3.8, 4) is 0 Å². The second-order valence-corrected chi connectivity index (χ2v) is 10.1. The molecule has 1 saturated heterocycles. The van der Waals surface area contributed by atoms with Gasteiger partial charge in [-0.1, -0.05) is 90.1 Å². The highest BCUT2D eigenvalue weighted by Gasteiger charge is 2.41. The third-order valence-corrected chi connectivity index (χ3v) is 5.95. The minimum absolute atomic E-state index is 0.0403. The Bertz CT molecular complexity index is 696. The van der Waals surface area contributed by atoms with Crippen LogP contribution in [-0.4, -0.2) is 17.7 Å². The highest BCUT2D eigenvalue weighted by molar-refractivity contribution is 5.42. The fourth-order valence-electron chi connectivity index (χ4n) is 4.06. The van der Waals surface area contributed by atoms with Gasteiger partial charge < -0.3 is 10.4 Å². The van der Waals surface area contributed by atoms with Crippen LogP contribution < -0.4 is 5.32 Å². The minimum Gasteiger partial charge on any atom is -0.379 e. The van der Waals surface area contributed by atoms with Crippen molar-refractivity contribution in [3.05, 3.63) is 70.8 Å². The van der Waals surface area contributed by atoms with E-state index in [2.05, 4.69) is 95.4 Å². The average molecular weight is 366 g/mol. The van der Waals surface area contributed by atoms with E-state index >= 15 is 0 Å². The molecule has 2 N–H and O–H groups in total. The summed E-state index contributed by atoms with van der Waals surface area (Å²) in [6, 6.07) is 17.1. The maximum Gasteiger partial charge on any atom is 0.130 e. The molecule has 2 aromatic carbocycles. The number of nitrogens with one attached hydrogen (secondary N) is 1. The molecule has 2 aromatic rings. The van der Waals surface area contributed by atoms with Crippen molar-refractivity contribution in [1.29, 1.82) is 0 Å². The van der Waals surface area contributed by atoms with Gasteiger partial charge in [0.2, 0.25) is 0 Å². The van der Waals surface area contributed by atoms with Gasteiger partial charge in [0.25, 0.3) is 0 Å². The molecule has 3 rings (SSSR count). The van der Waals surface area contributed by atoms with Crippen LogP contribution >= 0.6 is 0 Å². The molecule has 0 spiro atoms. The molecule has 146 valence electrons. The normalized spacial score (nSPS) is 18.7. The molecule has 1 heterocycles. The van der Waals surface area contributed by atoms with Gasteiger partial charge in [0.05, 0.1) is 0 Å². The van der Waals surface area contributed by atoms with Crippen LogP contribution in [0.3, 0.4) is 0 Å². The third-order valence-electron chi connectivity index (χ3n) is 5.95. The lowest BCUT2D eigenvalue weighted by atomic mass is 9.77. The summed E-state index contributed by atoms with van der Waals surface area (Å²) >= 11 is 0. The summed E-state index contributed by atoms with van der Waals surface area (Å²) in [6.07, 6.45) is 2.09. The summed E-state index contributed by atoms with van der Waals surface area (Å²) < 4.78 is 0. The molecule has 0 aromatic heterocycles. The summed E-state index contributed by atoms with van der Waals surface area (Å²) in [6.45, 7) is 14.3. The lowest BCUT2D eigenvalue weighted by Crippen LogP contribution is -2.46. The van der Waals surface area contributed by atoms with Crippen LogP contribution in [-0.2, 0) is 16.4 Å². The van der Waals surface area contributed by atoms with E-state index in [1.165, 1.54) is 11.1 Å². The zero-order valence-electron chi connectivity index (χ0n) is 17.8. The smallest absolute Gasteiger partial charge is 0.130 e. The number of aliphatic hydroxyl groups is 1. The average Bonchev–Trinajstić information content (AvgIpc) is 3.15. The van der Waals surface area contributed by atoms with Gasteiger partial charge in [0.1, 0.15) is 5.60 Å². The first-order valence-electron chi connectivity index (χ1n) is 10.2. The monoisotopic (exact) mass is 365 g/mol. The number of benzene rings is 2. The highest BCUT2D eigenvalue weighted by atomic mass is 16.3. The van der Waals surface area contributed by atoms with E-state index in [0.717, 1.165) is 30.5 Å². The Morgan fingerprint density at radius 3 is 1.37 bits per heavy atom. The van der Waals surface area contributed by atoms with Crippen LogP contribution in [0.15, 0.2) is 48.5 Å². The van der Waals surface area contributed by atoms with E-state index in [0.29, 0.717) is 0 Å². The lowest BCUT2D eigenvalue weighted by molar-refractivity contribution is 0.0442. The van der Waals surface area contributed by atoms with Gasteiger partial charge in [0.15, 0.2) is 0 Å².